The molecule has 5 heteroatoms. The molecule has 0 radical (unpaired) electrons. The molecule has 0 aliphatic rings. The summed E-state index contributed by atoms with van der Waals surface area (Å²) in [5.74, 6) is 0.468. The van der Waals surface area contributed by atoms with Crippen LogP contribution in [0.15, 0.2) is 24.3 Å². The molecule has 2 heterocycles. The molecule has 0 saturated carbocycles. The van der Waals surface area contributed by atoms with Crippen molar-refractivity contribution in [1.82, 2.24) is 19.7 Å². The van der Waals surface area contributed by atoms with Crippen LogP contribution in [0, 0.1) is 5.82 Å². The second-order valence-corrected chi connectivity index (χ2v) is 4.44. The molecule has 0 aliphatic heterocycles. The molecule has 3 aromatic rings. The van der Waals surface area contributed by atoms with Gasteiger partial charge in [-0.1, -0.05) is 6.92 Å². The van der Waals surface area contributed by atoms with Crippen LogP contribution in [0.25, 0.3) is 22.6 Å². The van der Waals surface area contributed by atoms with Crippen LogP contribution in [0.3, 0.4) is 0 Å². The minimum atomic E-state index is -0.263. The number of nitrogens with one attached hydrogen (secondary N) is 1. The maximum atomic E-state index is 13.2. The first-order valence-electron chi connectivity index (χ1n) is 6.43. The number of rotatable bonds is 3. The van der Waals surface area contributed by atoms with Gasteiger partial charge in [0.05, 0.1) is 16.7 Å². The molecule has 98 valence electrons. The van der Waals surface area contributed by atoms with E-state index >= 15 is 0 Å². The molecule has 0 aliphatic carbocycles. The summed E-state index contributed by atoms with van der Waals surface area (Å²) in [5.41, 5.74) is 3.44. The van der Waals surface area contributed by atoms with Gasteiger partial charge in [0.2, 0.25) is 0 Å². The number of aromatic amines is 1. The molecule has 0 unspecified atom stereocenters. The smallest absolute Gasteiger partial charge is 0.156 e. The van der Waals surface area contributed by atoms with Gasteiger partial charge in [-0.05, 0) is 37.6 Å². The van der Waals surface area contributed by atoms with Crippen LogP contribution >= 0.6 is 0 Å². The molecule has 2 aromatic heterocycles. The monoisotopic (exact) mass is 258 g/mol. The van der Waals surface area contributed by atoms with Crippen LogP contribution in [0.5, 0.6) is 0 Å². The third-order valence-electron chi connectivity index (χ3n) is 3.18. The Morgan fingerprint density at radius 3 is 2.84 bits per heavy atom. The van der Waals surface area contributed by atoms with Crippen molar-refractivity contribution < 1.29 is 4.39 Å². The first-order chi connectivity index (χ1) is 9.21. The molecular formula is C14H15FN4. The van der Waals surface area contributed by atoms with Crippen molar-refractivity contribution in [3.05, 3.63) is 35.8 Å². The van der Waals surface area contributed by atoms with Gasteiger partial charge >= 0.3 is 0 Å². The minimum absolute atomic E-state index is 0.263. The van der Waals surface area contributed by atoms with Crippen LogP contribution in [0.2, 0.25) is 0 Å². The van der Waals surface area contributed by atoms with Gasteiger partial charge in [0.15, 0.2) is 5.82 Å². The van der Waals surface area contributed by atoms with Crippen molar-refractivity contribution in [2.45, 2.75) is 26.8 Å². The highest BCUT2D eigenvalue weighted by atomic mass is 19.1. The van der Waals surface area contributed by atoms with Crippen LogP contribution < -0.4 is 0 Å². The van der Waals surface area contributed by atoms with Crippen molar-refractivity contribution in [2.75, 3.05) is 0 Å². The summed E-state index contributed by atoms with van der Waals surface area (Å²) in [7, 11) is 0. The maximum Gasteiger partial charge on any atom is 0.156 e. The van der Waals surface area contributed by atoms with Crippen molar-refractivity contribution in [3.63, 3.8) is 0 Å². The van der Waals surface area contributed by atoms with E-state index in [0.29, 0.717) is 5.52 Å². The fraction of sp³-hybridized carbons (Fsp3) is 0.286. The van der Waals surface area contributed by atoms with E-state index in [1.54, 1.807) is 6.07 Å². The van der Waals surface area contributed by atoms with Crippen molar-refractivity contribution in [3.8, 4) is 11.5 Å². The van der Waals surface area contributed by atoms with Crippen LogP contribution in [0.4, 0.5) is 4.39 Å². The average Bonchev–Trinajstić information content (AvgIpc) is 3.00. The molecular weight excluding hydrogens is 243 g/mol. The molecule has 19 heavy (non-hydrogen) atoms. The fourth-order valence-electron chi connectivity index (χ4n) is 2.18. The van der Waals surface area contributed by atoms with E-state index in [-0.39, 0.29) is 5.82 Å². The Balaban J connectivity index is 2.15. The van der Waals surface area contributed by atoms with E-state index in [1.165, 1.54) is 12.1 Å². The van der Waals surface area contributed by atoms with Crippen molar-refractivity contribution in [1.29, 1.82) is 0 Å². The van der Waals surface area contributed by atoms with Gasteiger partial charge < -0.3 is 4.98 Å². The predicted octanol–water partition coefficient (Wildman–Crippen LogP) is 3.15. The molecule has 0 bridgehead atoms. The van der Waals surface area contributed by atoms with Crippen molar-refractivity contribution >= 4 is 11.0 Å². The Hall–Kier alpha value is -2.17. The normalized spacial score (nSPS) is 11.3. The van der Waals surface area contributed by atoms with E-state index in [1.807, 2.05) is 17.7 Å². The molecule has 0 fully saturated rings. The number of aryl methyl sites for hydroxylation is 2. The quantitative estimate of drug-likeness (QED) is 0.784. The molecule has 0 saturated heterocycles. The molecule has 0 spiro atoms. The highest BCUT2D eigenvalue weighted by Gasteiger charge is 2.12. The molecule has 0 amide bonds. The van der Waals surface area contributed by atoms with Crippen LogP contribution in [-0.2, 0) is 13.0 Å². The van der Waals surface area contributed by atoms with Gasteiger partial charge in [-0.2, -0.15) is 5.10 Å². The second-order valence-electron chi connectivity index (χ2n) is 4.44. The summed E-state index contributed by atoms with van der Waals surface area (Å²) in [4.78, 5) is 7.65. The Morgan fingerprint density at radius 2 is 2.11 bits per heavy atom. The lowest BCUT2D eigenvalue weighted by Gasteiger charge is -2.00. The summed E-state index contributed by atoms with van der Waals surface area (Å²) in [6, 6.07) is 6.58. The van der Waals surface area contributed by atoms with Gasteiger partial charge in [0, 0.05) is 6.54 Å². The van der Waals surface area contributed by atoms with E-state index in [9.17, 15) is 4.39 Å². The Labute approximate surface area is 110 Å². The highest BCUT2D eigenvalue weighted by molar-refractivity contribution is 5.78. The minimum Gasteiger partial charge on any atom is -0.337 e. The number of fused-ring (bicyclic) bond motifs is 1. The molecule has 1 N–H and O–H groups in total. The second kappa shape index (κ2) is 4.50. The Kier molecular flexibility index (Phi) is 2.81. The Bertz CT molecular complexity index is 726. The van der Waals surface area contributed by atoms with Crippen LogP contribution in [-0.4, -0.2) is 19.7 Å². The summed E-state index contributed by atoms with van der Waals surface area (Å²) >= 11 is 0. The van der Waals surface area contributed by atoms with Gasteiger partial charge in [-0.25, -0.2) is 9.37 Å². The topological polar surface area (TPSA) is 46.5 Å². The Morgan fingerprint density at radius 1 is 1.26 bits per heavy atom. The van der Waals surface area contributed by atoms with E-state index in [4.69, 9.17) is 0 Å². The third kappa shape index (κ3) is 2.01. The SMILES string of the molecule is CCc1cc(-c2nc3ccc(F)cc3[nH]2)n(CC)n1. The number of halogens is 1. The first kappa shape index (κ1) is 11.9. The largest absolute Gasteiger partial charge is 0.337 e. The number of nitrogens with zero attached hydrogens (tertiary/aromatic N) is 3. The summed E-state index contributed by atoms with van der Waals surface area (Å²) < 4.78 is 15.1. The molecule has 4 nitrogen and oxygen atoms in total. The zero-order valence-corrected chi connectivity index (χ0v) is 10.9. The number of H-pyrrole nitrogens is 1. The molecule has 1 aromatic carbocycles. The van der Waals surface area contributed by atoms with Gasteiger partial charge in [-0.15, -0.1) is 0 Å². The zero-order valence-electron chi connectivity index (χ0n) is 10.9. The number of benzene rings is 1. The van der Waals surface area contributed by atoms with Crippen molar-refractivity contribution in [2.24, 2.45) is 0 Å². The number of aromatic nitrogens is 4. The lowest BCUT2D eigenvalue weighted by atomic mass is 10.3. The average molecular weight is 258 g/mol. The maximum absolute atomic E-state index is 13.2. The summed E-state index contributed by atoms with van der Waals surface area (Å²) in [5, 5.41) is 4.49. The van der Waals surface area contributed by atoms with Gasteiger partial charge in [0.1, 0.15) is 11.5 Å². The van der Waals surface area contributed by atoms with Gasteiger partial charge in [-0.3, -0.25) is 4.68 Å². The molecule has 3 rings (SSSR count). The van der Waals surface area contributed by atoms with E-state index in [0.717, 1.165) is 35.7 Å². The highest BCUT2D eigenvalue weighted by Crippen LogP contribution is 2.22. The summed E-state index contributed by atoms with van der Waals surface area (Å²) in [6.07, 6.45) is 0.884. The van der Waals surface area contributed by atoms with E-state index in [2.05, 4.69) is 22.0 Å². The van der Waals surface area contributed by atoms with Gasteiger partial charge in [0.25, 0.3) is 0 Å². The number of imidazole rings is 1. The predicted molar refractivity (Wildman–Crippen MR) is 72.3 cm³/mol. The zero-order chi connectivity index (χ0) is 13.4. The lowest BCUT2D eigenvalue weighted by Crippen LogP contribution is -2.00. The first-order valence-corrected chi connectivity index (χ1v) is 6.43. The number of hydrogen-bond acceptors (Lipinski definition) is 2. The van der Waals surface area contributed by atoms with Crippen LogP contribution in [0.1, 0.15) is 19.5 Å². The fourth-order valence-corrected chi connectivity index (χ4v) is 2.18. The number of hydrogen-bond donors (Lipinski definition) is 1. The summed E-state index contributed by atoms with van der Waals surface area (Å²) in [6.45, 7) is 4.89. The van der Waals surface area contributed by atoms with E-state index < -0.39 is 0 Å². The lowest BCUT2D eigenvalue weighted by molar-refractivity contribution is 0.629. The standard InChI is InChI=1S/C14H15FN4/c1-3-10-8-13(19(4-2)18-10)14-16-11-6-5-9(15)7-12(11)17-14/h5-8H,3-4H2,1-2H3,(H,16,17). The third-order valence-corrected chi connectivity index (χ3v) is 3.18. The molecule has 0 atom stereocenters.